The van der Waals surface area contributed by atoms with Crippen molar-refractivity contribution in [3.05, 3.63) is 59.5 Å². The molecule has 0 bridgehead atoms. The zero-order chi connectivity index (χ0) is 18.7. The van der Waals surface area contributed by atoms with Crippen molar-refractivity contribution in [3.8, 4) is 0 Å². The van der Waals surface area contributed by atoms with E-state index in [-0.39, 0.29) is 17.6 Å². The summed E-state index contributed by atoms with van der Waals surface area (Å²) in [7, 11) is 0. The van der Waals surface area contributed by atoms with Gasteiger partial charge in [0.2, 0.25) is 0 Å². The van der Waals surface area contributed by atoms with E-state index < -0.39 is 0 Å². The summed E-state index contributed by atoms with van der Waals surface area (Å²) in [5, 5.41) is 2.93. The van der Waals surface area contributed by atoms with Crippen LogP contribution in [0.25, 0.3) is 0 Å². The summed E-state index contributed by atoms with van der Waals surface area (Å²) in [6, 6.07) is 12.2. The standard InChI is InChI=1S/C22H28N2O3/c1-17-4-6-18(7-5-17)16-24-12-10-22(11-13-24)9-8-19(27-22)15-23-21(25)20-3-2-14-26-20/h2-7,14,19H,8-13,15-16H2,1H3,(H,23,25)/t19-/m1/s1. The predicted molar refractivity (Wildman–Crippen MR) is 104 cm³/mol. The van der Waals surface area contributed by atoms with Gasteiger partial charge < -0.3 is 14.5 Å². The van der Waals surface area contributed by atoms with E-state index in [2.05, 4.69) is 41.4 Å². The fourth-order valence-corrected chi connectivity index (χ4v) is 4.18. The summed E-state index contributed by atoms with van der Waals surface area (Å²) < 4.78 is 11.5. The molecule has 3 heterocycles. The van der Waals surface area contributed by atoms with E-state index in [0.717, 1.165) is 45.3 Å². The van der Waals surface area contributed by atoms with E-state index in [1.807, 2.05) is 0 Å². The van der Waals surface area contributed by atoms with Crippen LogP contribution in [-0.4, -0.2) is 42.1 Å². The minimum atomic E-state index is -0.169. The number of amides is 1. The van der Waals surface area contributed by atoms with Gasteiger partial charge in [-0.1, -0.05) is 29.8 Å². The van der Waals surface area contributed by atoms with Crippen molar-refractivity contribution in [2.45, 2.75) is 50.9 Å². The van der Waals surface area contributed by atoms with Gasteiger partial charge in [-0.3, -0.25) is 9.69 Å². The van der Waals surface area contributed by atoms with Gasteiger partial charge in [0.15, 0.2) is 5.76 Å². The van der Waals surface area contributed by atoms with Crippen LogP contribution in [0, 0.1) is 6.92 Å². The van der Waals surface area contributed by atoms with Crippen LogP contribution in [0.1, 0.15) is 47.4 Å². The Bertz CT molecular complexity index is 746. The van der Waals surface area contributed by atoms with E-state index in [1.54, 1.807) is 12.1 Å². The molecule has 4 rings (SSSR count). The second kappa shape index (κ2) is 7.87. The third-order valence-electron chi connectivity index (χ3n) is 5.87. The number of carbonyl (C=O) groups excluding carboxylic acids is 1. The van der Waals surface area contributed by atoms with Gasteiger partial charge in [0.05, 0.1) is 18.0 Å². The quantitative estimate of drug-likeness (QED) is 0.877. The van der Waals surface area contributed by atoms with E-state index in [0.29, 0.717) is 12.3 Å². The Kier molecular flexibility index (Phi) is 5.32. The highest BCUT2D eigenvalue weighted by atomic mass is 16.5. The Morgan fingerprint density at radius 2 is 1.96 bits per heavy atom. The highest BCUT2D eigenvalue weighted by molar-refractivity contribution is 5.91. The number of ether oxygens (including phenoxy) is 1. The molecule has 2 aliphatic rings. The second-order valence-corrected chi connectivity index (χ2v) is 7.91. The molecule has 0 aliphatic carbocycles. The van der Waals surface area contributed by atoms with Crippen molar-refractivity contribution in [1.82, 2.24) is 10.2 Å². The molecule has 5 nitrogen and oxygen atoms in total. The number of hydrogen-bond acceptors (Lipinski definition) is 4. The van der Waals surface area contributed by atoms with Crippen molar-refractivity contribution in [1.29, 1.82) is 0 Å². The Hall–Kier alpha value is -2.11. The first-order chi connectivity index (χ1) is 13.1. The fourth-order valence-electron chi connectivity index (χ4n) is 4.18. The van der Waals surface area contributed by atoms with Gasteiger partial charge in [-0.25, -0.2) is 0 Å². The molecule has 1 spiro atoms. The Balaban J connectivity index is 1.23. The Morgan fingerprint density at radius 1 is 1.19 bits per heavy atom. The van der Waals surface area contributed by atoms with Crippen molar-refractivity contribution >= 4 is 5.91 Å². The first-order valence-electron chi connectivity index (χ1n) is 9.89. The molecule has 1 aromatic heterocycles. The molecular weight excluding hydrogens is 340 g/mol. The molecule has 2 aromatic rings. The predicted octanol–water partition coefficient (Wildman–Crippen LogP) is 3.53. The zero-order valence-electron chi connectivity index (χ0n) is 15.9. The number of furan rings is 1. The van der Waals surface area contributed by atoms with Crippen LogP contribution in [0.3, 0.4) is 0 Å². The molecule has 0 radical (unpaired) electrons. The number of nitrogens with zero attached hydrogens (tertiary/aromatic N) is 1. The van der Waals surface area contributed by atoms with Crippen LogP contribution in [-0.2, 0) is 11.3 Å². The van der Waals surface area contributed by atoms with Gasteiger partial charge in [0.25, 0.3) is 5.91 Å². The van der Waals surface area contributed by atoms with Crippen molar-refractivity contribution < 1.29 is 13.9 Å². The van der Waals surface area contributed by atoms with Crippen LogP contribution in [0.4, 0.5) is 0 Å². The van der Waals surface area contributed by atoms with Crippen LogP contribution >= 0.6 is 0 Å². The Morgan fingerprint density at radius 3 is 2.67 bits per heavy atom. The van der Waals surface area contributed by atoms with E-state index >= 15 is 0 Å². The first kappa shape index (κ1) is 18.3. The Labute approximate surface area is 160 Å². The average Bonchev–Trinajstić information content (AvgIpc) is 3.35. The molecule has 2 aliphatic heterocycles. The monoisotopic (exact) mass is 368 g/mol. The molecule has 144 valence electrons. The zero-order valence-corrected chi connectivity index (χ0v) is 15.9. The summed E-state index contributed by atoms with van der Waals surface area (Å²) in [4.78, 5) is 14.5. The van der Waals surface area contributed by atoms with Crippen molar-refractivity contribution in [2.24, 2.45) is 0 Å². The minimum Gasteiger partial charge on any atom is -0.459 e. The van der Waals surface area contributed by atoms with Crippen LogP contribution in [0.2, 0.25) is 0 Å². The number of carbonyl (C=O) groups is 1. The molecule has 1 N–H and O–H groups in total. The minimum absolute atomic E-state index is 0.00382. The smallest absolute Gasteiger partial charge is 0.287 e. The summed E-state index contributed by atoms with van der Waals surface area (Å²) in [5.74, 6) is 0.185. The molecule has 0 unspecified atom stereocenters. The maximum atomic E-state index is 12.0. The lowest BCUT2D eigenvalue weighted by Gasteiger charge is -2.39. The van der Waals surface area contributed by atoms with E-state index in [1.165, 1.54) is 17.4 Å². The topological polar surface area (TPSA) is 54.7 Å². The van der Waals surface area contributed by atoms with Crippen LogP contribution in [0.5, 0.6) is 0 Å². The third-order valence-corrected chi connectivity index (χ3v) is 5.87. The molecule has 1 amide bonds. The molecular formula is C22H28N2O3. The van der Waals surface area contributed by atoms with Crippen molar-refractivity contribution in [2.75, 3.05) is 19.6 Å². The molecule has 5 heteroatoms. The van der Waals surface area contributed by atoms with E-state index in [4.69, 9.17) is 9.15 Å². The maximum absolute atomic E-state index is 12.0. The summed E-state index contributed by atoms with van der Waals surface area (Å²) in [5.41, 5.74) is 2.69. The van der Waals surface area contributed by atoms with E-state index in [9.17, 15) is 4.79 Å². The molecule has 2 fully saturated rings. The largest absolute Gasteiger partial charge is 0.459 e. The van der Waals surface area contributed by atoms with Gasteiger partial charge in [-0.2, -0.15) is 0 Å². The van der Waals surface area contributed by atoms with Gasteiger partial charge in [-0.15, -0.1) is 0 Å². The van der Waals surface area contributed by atoms with Crippen LogP contribution < -0.4 is 5.32 Å². The molecule has 2 saturated heterocycles. The number of likely N-dealkylation sites (tertiary alicyclic amines) is 1. The van der Waals surface area contributed by atoms with Gasteiger partial charge >= 0.3 is 0 Å². The number of rotatable bonds is 5. The summed E-state index contributed by atoms with van der Waals surface area (Å²) >= 11 is 0. The fraction of sp³-hybridized carbons (Fsp3) is 0.500. The third kappa shape index (κ3) is 4.42. The molecule has 0 saturated carbocycles. The maximum Gasteiger partial charge on any atom is 0.287 e. The first-order valence-corrected chi connectivity index (χ1v) is 9.89. The number of hydrogen-bond donors (Lipinski definition) is 1. The average molecular weight is 368 g/mol. The summed E-state index contributed by atoms with van der Waals surface area (Å²) in [6.45, 7) is 5.82. The number of aryl methyl sites for hydroxylation is 1. The summed E-state index contributed by atoms with van der Waals surface area (Å²) in [6.07, 6.45) is 5.86. The lowest BCUT2D eigenvalue weighted by molar-refractivity contribution is -0.0764. The van der Waals surface area contributed by atoms with Gasteiger partial charge in [0, 0.05) is 26.2 Å². The van der Waals surface area contributed by atoms with Gasteiger partial charge in [0.1, 0.15) is 0 Å². The number of piperidine rings is 1. The molecule has 27 heavy (non-hydrogen) atoms. The van der Waals surface area contributed by atoms with Crippen LogP contribution in [0.15, 0.2) is 47.1 Å². The second-order valence-electron chi connectivity index (χ2n) is 7.91. The number of nitrogens with one attached hydrogen (secondary N) is 1. The molecule has 1 atom stereocenters. The van der Waals surface area contributed by atoms with Gasteiger partial charge in [-0.05, 0) is 50.3 Å². The lowest BCUT2D eigenvalue weighted by atomic mass is 9.88. The van der Waals surface area contributed by atoms with Crippen molar-refractivity contribution in [3.63, 3.8) is 0 Å². The highest BCUT2D eigenvalue weighted by Crippen LogP contribution is 2.39. The number of benzene rings is 1. The normalized spacial score (nSPS) is 22.2. The molecule has 1 aromatic carbocycles. The lowest BCUT2D eigenvalue weighted by Crippen LogP contribution is -2.44. The SMILES string of the molecule is Cc1ccc(CN2CCC3(CC[C@H](CNC(=O)c4ccco4)O3)CC2)cc1. The highest BCUT2D eigenvalue weighted by Gasteiger charge is 2.42.